The van der Waals surface area contributed by atoms with Gasteiger partial charge in [-0.2, -0.15) is 0 Å². The number of pyridine rings is 1. The fourth-order valence-corrected chi connectivity index (χ4v) is 1.37. The van der Waals surface area contributed by atoms with Gasteiger partial charge in [-0.05, 0) is 30.9 Å². The topological polar surface area (TPSA) is 62.2 Å². The summed E-state index contributed by atoms with van der Waals surface area (Å²) in [5.74, 6) is 0.174. The summed E-state index contributed by atoms with van der Waals surface area (Å²) in [4.78, 5) is 15.7. The second kappa shape index (κ2) is 6.23. The smallest absolute Gasteiger partial charge is 0.252 e. The van der Waals surface area contributed by atoms with Gasteiger partial charge in [0.2, 0.25) is 0 Å². The van der Waals surface area contributed by atoms with Gasteiger partial charge in [0, 0.05) is 25.5 Å². The zero-order chi connectivity index (χ0) is 12.0. The van der Waals surface area contributed by atoms with E-state index >= 15 is 0 Å². The Labute approximate surface area is 95.7 Å². The fraction of sp³-hybridized carbons (Fsp3) is 0.500. The maximum atomic E-state index is 11.7. The average molecular weight is 222 g/mol. The van der Waals surface area contributed by atoms with Crippen LogP contribution in [0.3, 0.4) is 0 Å². The molecule has 1 heterocycles. The Kier molecular flexibility index (Phi) is 4.92. The Morgan fingerprint density at radius 1 is 1.56 bits per heavy atom. The molecule has 0 aliphatic carbocycles. The quantitative estimate of drug-likeness (QED) is 0.785. The molecule has 0 radical (unpaired) electrons. The van der Waals surface area contributed by atoms with Gasteiger partial charge in [0.1, 0.15) is 0 Å². The molecule has 1 unspecified atom stereocenters. The van der Waals surface area contributed by atoms with Gasteiger partial charge < -0.3 is 10.4 Å². The molecule has 2 N–H and O–H groups in total. The molecule has 1 aromatic heterocycles. The molecule has 1 atom stereocenters. The normalized spacial score (nSPS) is 12.2. The molecule has 1 aromatic rings. The van der Waals surface area contributed by atoms with Crippen LogP contribution in [0.5, 0.6) is 0 Å². The standard InChI is InChI=1S/C12H18N2O2/c1-9(3-4-15)7-14-12(16)11-5-10(2)6-13-8-11/h5-6,8-9,15H,3-4,7H2,1-2H3,(H,14,16). The van der Waals surface area contributed by atoms with Crippen LogP contribution in [0.25, 0.3) is 0 Å². The summed E-state index contributed by atoms with van der Waals surface area (Å²) in [6, 6.07) is 1.80. The predicted octanol–water partition coefficient (Wildman–Crippen LogP) is 1.14. The summed E-state index contributed by atoms with van der Waals surface area (Å²) in [6.45, 7) is 4.62. The van der Waals surface area contributed by atoms with E-state index in [2.05, 4.69) is 10.3 Å². The number of hydrogen-bond acceptors (Lipinski definition) is 3. The van der Waals surface area contributed by atoms with Crippen LogP contribution in [0.1, 0.15) is 29.3 Å². The summed E-state index contributed by atoms with van der Waals surface area (Å²) in [6.07, 6.45) is 3.97. The number of carbonyl (C=O) groups is 1. The van der Waals surface area contributed by atoms with Crippen LogP contribution >= 0.6 is 0 Å². The lowest BCUT2D eigenvalue weighted by molar-refractivity contribution is 0.0945. The number of aliphatic hydroxyl groups is 1. The first-order valence-electron chi connectivity index (χ1n) is 5.44. The van der Waals surface area contributed by atoms with Gasteiger partial charge in [-0.15, -0.1) is 0 Å². The summed E-state index contributed by atoms with van der Waals surface area (Å²) >= 11 is 0. The molecule has 0 saturated heterocycles. The summed E-state index contributed by atoms with van der Waals surface area (Å²) in [7, 11) is 0. The largest absolute Gasteiger partial charge is 0.396 e. The first-order chi connectivity index (χ1) is 7.63. The first kappa shape index (κ1) is 12.6. The molecule has 0 saturated carbocycles. The van der Waals surface area contributed by atoms with E-state index in [1.165, 1.54) is 0 Å². The number of carbonyl (C=O) groups excluding carboxylic acids is 1. The van der Waals surface area contributed by atoms with Crippen molar-refractivity contribution in [3.8, 4) is 0 Å². The minimum Gasteiger partial charge on any atom is -0.396 e. The van der Waals surface area contributed by atoms with Crippen molar-refractivity contribution in [3.05, 3.63) is 29.6 Å². The van der Waals surface area contributed by atoms with Gasteiger partial charge in [-0.25, -0.2) is 0 Å². The van der Waals surface area contributed by atoms with Crippen molar-refractivity contribution in [1.82, 2.24) is 10.3 Å². The van der Waals surface area contributed by atoms with Crippen molar-refractivity contribution in [2.45, 2.75) is 20.3 Å². The number of aryl methyl sites for hydroxylation is 1. The van der Waals surface area contributed by atoms with Gasteiger partial charge in [-0.3, -0.25) is 9.78 Å². The van der Waals surface area contributed by atoms with E-state index in [0.29, 0.717) is 18.5 Å². The van der Waals surface area contributed by atoms with Crippen molar-refractivity contribution in [2.24, 2.45) is 5.92 Å². The number of aromatic nitrogens is 1. The van der Waals surface area contributed by atoms with Crippen molar-refractivity contribution in [1.29, 1.82) is 0 Å². The second-order valence-electron chi connectivity index (χ2n) is 4.08. The molecule has 88 valence electrons. The van der Waals surface area contributed by atoms with Gasteiger partial charge in [0.25, 0.3) is 5.91 Å². The summed E-state index contributed by atoms with van der Waals surface area (Å²) in [5, 5.41) is 11.6. The molecule has 0 aromatic carbocycles. The van der Waals surface area contributed by atoms with E-state index in [1.54, 1.807) is 18.5 Å². The van der Waals surface area contributed by atoms with Gasteiger partial charge in [-0.1, -0.05) is 6.92 Å². The minimum atomic E-state index is -0.110. The van der Waals surface area contributed by atoms with Crippen molar-refractivity contribution >= 4 is 5.91 Å². The van der Waals surface area contributed by atoms with Crippen LogP contribution in [-0.4, -0.2) is 29.1 Å². The van der Waals surface area contributed by atoms with Crippen LogP contribution in [0, 0.1) is 12.8 Å². The van der Waals surface area contributed by atoms with Gasteiger partial charge in [0.15, 0.2) is 0 Å². The maximum absolute atomic E-state index is 11.7. The van der Waals surface area contributed by atoms with E-state index in [4.69, 9.17) is 5.11 Å². The molecule has 0 aliphatic heterocycles. The van der Waals surface area contributed by atoms with Crippen LogP contribution in [-0.2, 0) is 0 Å². The third-order valence-electron chi connectivity index (χ3n) is 2.37. The lowest BCUT2D eigenvalue weighted by atomic mass is 10.1. The molecule has 16 heavy (non-hydrogen) atoms. The lowest BCUT2D eigenvalue weighted by Crippen LogP contribution is -2.28. The Bertz CT molecular complexity index is 353. The molecule has 1 rings (SSSR count). The van der Waals surface area contributed by atoms with Crippen molar-refractivity contribution < 1.29 is 9.90 Å². The Morgan fingerprint density at radius 3 is 2.94 bits per heavy atom. The summed E-state index contributed by atoms with van der Waals surface area (Å²) in [5.41, 5.74) is 1.55. The summed E-state index contributed by atoms with van der Waals surface area (Å²) < 4.78 is 0. The van der Waals surface area contributed by atoms with Crippen LogP contribution in [0.15, 0.2) is 18.5 Å². The number of nitrogens with one attached hydrogen (secondary N) is 1. The molecule has 1 amide bonds. The minimum absolute atomic E-state index is 0.110. The Balaban J connectivity index is 2.47. The molecular weight excluding hydrogens is 204 g/mol. The number of aliphatic hydroxyl groups excluding tert-OH is 1. The third-order valence-corrected chi connectivity index (χ3v) is 2.37. The lowest BCUT2D eigenvalue weighted by Gasteiger charge is -2.11. The first-order valence-corrected chi connectivity index (χ1v) is 5.44. The molecule has 0 spiro atoms. The number of hydrogen-bond donors (Lipinski definition) is 2. The highest BCUT2D eigenvalue weighted by Gasteiger charge is 2.07. The molecular formula is C12H18N2O2. The van der Waals surface area contributed by atoms with E-state index in [0.717, 1.165) is 5.56 Å². The Hall–Kier alpha value is -1.42. The average Bonchev–Trinajstić information content (AvgIpc) is 2.26. The van der Waals surface area contributed by atoms with Gasteiger partial charge >= 0.3 is 0 Å². The molecule has 0 fully saturated rings. The predicted molar refractivity (Wildman–Crippen MR) is 62.2 cm³/mol. The number of amides is 1. The van der Waals surface area contributed by atoms with Crippen LogP contribution in [0.2, 0.25) is 0 Å². The molecule has 4 nitrogen and oxygen atoms in total. The molecule has 0 bridgehead atoms. The van der Waals surface area contributed by atoms with Crippen molar-refractivity contribution in [3.63, 3.8) is 0 Å². The highest BCUT2D eigenvalue weighted by Crippen LogP contribution is 2.02. The number of nitrogens with zero attached hydrogens (tertiary/aromatic N) is 1. The number of rotatable bonds is 5. The Morgan fingerprint density at radius 2 is 2.31 bits per heavy atom. The SMILES string of the molecule is Cc1cncc(C(=O)NCC(C)CCO)c1. The van der Waals surface area contributed by atoms with Crippen LogP contribution in [0.4, 0.5) is 0 Å². The monoisotopic (exact) mass is 222 g/mol. The zero-order valence-corrected chi connectivity index (χ0v) is 9.73. The maximum Gasteiger partial charge on any atom is 0.252 e. The van der Waals surface area contributed by atoms with Gasteiger partial charge in [0.05, 0.1) is 5.56 Å². The third kappa shape index (κ3) is 3.98. The second-order valence-corrected chi connectivity index (χ2v) is 4.08. The van der Waals surface area contributed by atoms with E-state index in [1.807, 2.05) is 13.8 Å². The highest BCUT2D eigenvalue weighted by molar-refractivity contribution is 5.93. The highest BCUT2D eigenvalue weighted by atomic mass is 16.3. The zero-order valence-electron chi connectivity index (χ0n) is 9.73. The molecule has 0 aliphatic rings. The van der Waals surface area contributed by atoms with Crippen LogP contribution < -0.4 is 5.32 Å². The van der Waals surface area contributed by atoms with Crippen molar-refractivity contribution in [2.75, 3.05) is 13.2 Å². The van der Waals surface area contributed by atoms with E-state index in [-0.39, 0.29) is 18.4 Å². The van der Waals surface area contributed by atoms with E-state index < -0.39 is 0 Å². The molecule has 4 heteroatoms. The fourth-order valence-electron chi connectivity index (χ4n) is 1.37. The van der Waals surface area contributed by atoms with E-state index in [9.17, 15) is 4.79 Å².